The quantitative estimate of drug-likeness (QED) is 0.253. The molecule has 0 N–H and O–H groups in total. The SMILES string of the molecule is O=C=Nc1cc(I)c(I)c(I)c1. The van der Waals surface area contributed by atoms with Gasteiger partial charge in [0.1, 0.15) is 0 Å². The first-order valence-electron chi connectivity index (χ1n) is 2.87. The summed E-state index contributed by atoms with van der Waals surface area (Å²) in [6, 6.07) is 3.71. The number of carbonyl (C=O) groups excluding carboxylic acids is 1. The largest absolute Gasteiger partial charge is 0.240 e. The maximum atomic E-state index is 9.98. The highest BCUT2D eigenvalue weighted by Gasteiger charge is 2.03. The molecule has 0 saturated heterocycles. The van der Waals surface area contributed by atoms with Crippen LogP contribution in [0.25, 0.3) is 0 Å². The van der Waals surface area contributed by atoms with E-state index in [4.69, 9.17) is 0 Å². The summed E-state index contributed by atoms with van der Waals surface area (Å²) in [7, 11) is 0. The van der Waals surface area contributed by atoms with Crippen LogP contribution < -0.4 is 0 Å². The lowest BCUT2D eigenvalue weighted by Gasteiger charge is -1.99. The molecule has 0 aromatic heterocycles. The standard InChI is InChI=1S/C7H2I3NO/c8-5-1-4(11-3-12)2-6(9)7(5)10/h1-2H. The fraction of sp³-hybridized carbons (Fsp3) is 0. The molecule has 12 heavy (non-hydrogen) atoms. The van der Waals surface area contributed by atoms with Crippen LogP contribution in [0.15, 0.2) is 17.1 Å². The van der Waals surface area contributed by atoms with Gasteiger partial charge in [-0.25, -0.2) is 4.79 Å². The van der Waals surface area contributed by atoms with Crippen molar-refractivity contribution in [1.29, 1.82) is 0 Å². The van der Waals surface area contributed by atoms with E-state index in [1.165, 1.54) is 9.65 Å². The molecule has 0 unspecified atom stereocenters. The highest BCUT2D eigenvalue weighted by Crippen LogP contribution is 2.26. The summed E-state index contributed by atoms with van der Waals surface area (Å²) < 4.78 is 3.40. The maximum absolute atomic E-state index is 9.98. The van der Waals surface area contributed by atoms with Crippen LogP contribution >= 0.6 is 67.8 Å². The molecule has 0 spiro atoms. The Balaban J connectivity index is 3.30. The Kier molecular flexibility index (Phi) is 4.41. The average molecular weight is 497 g/mol. The molecule has 0 aliphatic rings. The van der Waals surface area contributed by atoms with Crippen LogP contribution in [0.5, 0.6) is 0 Å². The predicted molar refractivity (Wildman–Crippen MR) is 72.4 cm³/mol. The zero-order valence-corrected chi connectivity index (χ0v) is 12.1. The van der Waals surface area contributed by atoms with Gasteiger partial charge in [0, 0.05) is 10.7 Å². The van der Waals surface area contributed by atoms with Crippen LogP contribution in [0, 0.1) is 10.7 Å². The predicted octanol–water partition coefficient (Wildman–Crippen LogP) is 3.47. The van der Waals surface area contributed by atoms with Crippen molar-refractivity contribution in [2.24, 2.45) is 4.99 Å². The van der Waals surface area contributed by atoms with Gasteiger partial charge < -0.3 is 0 Å². The Morgan fingerprint density at radius 1 is 1.17 bits per heavy atom. The Hall–Kier alpha value is 0.790. The van der Waals surface area contributed by atoms with E-state index in [0.717, 1.165) is 7.14 Å². The summed E-state index contributed by atoms with van der Waals surface area (Å²) in [5.74, 6) is 0. The second-order valence-corrected chi connectivity index (χ2v) is 5.33. The first kappa shape index (κ1) is 10.9. The molecule has 0 fully saturated rings. The van der Waals surface area contributed by atoms with E-state index in [1.54, 1.807) is 0 Å². The first-order valence-corrected chi connectivity index (χ1v) is 6.11. The lowest BCUT2D eigenvalue weighted by atomic mass is 10.3. The molecule has 0 saturated carbocycles. The van der Waals surface area contributed by atoms with Crippen molar-refractivity contribution >= 4 is 79.5 Å². The van der Waals surface area contributed by atoms with Crippen molar-refractivity contribution < 1.29 is 4.79 Å². The fourth-order valence-corrected chi connectivity index (χ4v) is 2.71. The molecular formula is C7H2I3NO. The summed E-state index contributed by atoms with van der Waals surface area (Å²) in [6.07, 6.45) is 1.52. The van der Waals surface area contributed by atoms with Gasteiger partial charge in [0.2, 0.25) is 6.08 Å². The van der Waals surface area contributed by atoms with Crippen LogP contribution in [-0.2, 0) is 4.79 Å². The molecule has 0 radical (unpaired) electrons. The van der Waals surface area contributed by atoms with Gasteiger partial charge in [-0.05, 0) is 79.9 Å². The topological polar surface area (TPSA) is 29.4 Å². The third-order valence-corrected chi connectivity index (χ3v) is 6.07. The molecule has 5 heteroatoms. The lowest BCUT2D eigenvalue weighted by Crippen LogP contribution is -1.83. The number of hydrogen-bond donors (Lipinski definition) is 0. The second kappa shape index (κ2) is 4.87. The summed E-state index contributed by atoms with van der Waals surface area (Å²) >= 11 is 6.69. The van der Waals surface area contributed by atoms with E-state index < -0.39 is 0 Å². The lowest BCUT2D eigenvalue weighted by molar-refractivity contribution is 0.565. The van der Waals surface area contributed by atoms with E-state index in [-0.39, 0.29) is 0 Å². The van der Waals surface area contributed by atoms with Crippen molar-refractivity contribution in [3.05, 3.63) is 22.8 Å². The van der Waals surface area contributed by atoms with Crippen LogP contribution in [0.1, 0.15) is 0 Å². The number of halogens is 3. The minimum Gasteiger partial charge on any atom is -0.211 e. The first-order chi connectivity index (χ1) is 5.65. The molecule has 0 heterocycles. The third kappa shape index (κ3) is 2.64. The summed E-state index contributed by atoms with van der Waals surface area (Å²) in [4.78, 5) is 13.5. The van der Waals surface area contributed by atoms with Crippen molar-refractivity contribution in [2.45, 2.75) is 0 Å². The minimum atomic E-state index is 0.666. The van der Waals surface area contributed by atoms with Gasteiger partial charge in [0.05, 0.1) is 5.69 Å². The van der Waals surface area contributed by atoms with Gasteiger partial charge in [-0.3, -0.25) is 0 Å². The Morgan fingerprint density at radius 3 is 2.08 bits per heavy atom. The van der Waals surface area contributed by atoms with Crippen LogP contribution in [0.4, 0.5) is 5.69 Å². The van der Waals surface area contributed by atoms with Gasteiger partial charge in [0.15, 0.2) is 0 Å². The van der Waals surface area contributed by atoms with E-state index in [9.17, 15) is 4.79 Å². The summed E-state index contributed by atoms with van der Waals surface area (Å²) in [5, 5.41) is 0. The molecule has 1 aromatic carbocycles. The molecule has 0 bridgehead atoms. The maximum Gasteiger partial charge on any atom is 0.240 e. The molecule has 0 atom stereocenters. The normalized spacial score (nSPS) is 9.25. The van der Waals surface area contributed by atoms with Crippen LogP contribution in [0.3, 0.4) is 0 Å². The molecule has 2 nitrogen and oxygen atoms in total. The summed E-state index contributed by atoms with van der Waals surface area (Å²) in [6.45, 7) is 0. The molecule has 0 aliphatic carbocycles. The fourth-order valence-electron chi connectivity index (χ4n) is 0.659. The molecule has 0 aliphatic heterocycles. The number of hydrogen-bond acceptors (Lipinski definition) is 2. The van der Waals surface area contributed by atoms with E-state index >= 15 is 0 Å². The average Bonchev–Trinajstić information content (AvgIpc) is 2.01. The molecular weight excluding hydrogens is 495 g/mol. The van der Waals surface area contributed by atoms with Crippen molar-refractivity contribution in [3.63, 3.8) is 0 Å². The zero-order valence-electron chi connectivity index (χ0n) is 5.64. The highest BCUT2D eigenvalue weighted by molar-refractivity contribution is 14.1. The van der Waals surface area contributed by atoms with Gasteiger partial charge >= 0.3 is 0 Å². The molecule has 0 amide bonds. The van der Waals surface area contributed by atoms with Gasteiger partial charge in [0.25, 0.3) is 0 Å². The summed E-state index contributed by atoms with van der Waals surface area (Å²) in [5.41, 5.74) is 0.666. The molecule has 1 aromatic rings. The monoisotopic (exact) mass is 497 g/mol. The number of benzene rings is 1. The smallest absolute Gasteiger partial charge is 0.211 e. The van der Waals surface area contributed by atoms with Gasteiger partial charge in [-0.1, -0.05) is 0 Å². The number of rotatable bonds is 1. The zero-order chi connectivity index (χ0) is 9.14. The third-order valence-electron chi connectivity index (χ3n) is 1.14. The molecule has 62 valence electrons. The Bertz CT molecular complexity index is 335. The van der Waals surface area contributed by atoms with E-state index in [2.05, 4.69) is 72.8 Å². The molecule has 1 rings (SSSR count). The highest BCUT2D eigenvalue weighted by atomic mass is 127. The Morgan fingerprint density at radius 2 is 1.67 bits per heavy atom. The Labute approximate surface area is 111 Å². The van der Waals surface area contributed by atoms with Crippen LogP contribution in [-0.4, -0.2) is 6.08 Å². The number of nitrogens with zero attached hydrogens (tertiary/aromatic N) is 1. The number of isocyanates is 1. The second-order valence-electron chi connectivity index (χ2n) is 1.93. The van der Waals surface area contributed by atoms with Crippen molar-refractivity contribution in [2.75, 3.05) is 0 Å². The van der Waals surface area contributed by atoms with Crippen LogP contribution in [0.2, 0.25) is 0 Å². The van der Waals surface area contributed by atoms with Crippen molar-refractivity contribution in [1.82, 2.24) is 0 Å². The van der Waals surface area contributed by atoms with E-state index in [1.807, 2.05) is 12.1 Å². The minimum absolute atomic E-state index is 0.666. The van der Waals surface area contributed by atoms with Gasteiger partial charge in [-0.2, -0.15) is 4.99 Å². The van der Waals surface area contributed by atoms with E-state index in [0.29, 0.717) is 5.69 Å². The van der Waals surface area contributed by atoms with Crippen molar-refractivity contribution in [3.8, 4) is 0 Å². The van der Waals surface area contributed by atoms with Gasteiger partial charge in [-0.15, -0.1) is 0 Å². The number of aliphatic imine (C=N–C) groups is 1.